The number of rotatable bonds is 9. The zero-order valence-electron chi connectivity index (χ0n) is 22.5. The van der Waals surface area contributed by atoms with E-state index in [1.807, 2.05) is 11.0 Å². The van der Waals surface area contributed by atoms with E-state index in [-0.39, 0.29) is 35.9 Å². The second-order valence-electron chi connectivity index (χ2n) is 11.5. The zero-order chi connectivity index (χ0) is 26.0. The number of nitrogens with zero attached hydrogens (tertiary/aromatic N) is 4. The largest absolute Gasteiger partial charge is 0.481 e. The molecular weight excluding hydrogens is 464 g/mol. The molecule has 1 aliphatic heterocycles. The predicted octanol–water partition coefficient (Wildman–Crippen LogP) is 4.51. The van der Waals surface area contributed by atoms with Crippen LogP contribution in [0.3, 0.4) is 0 Å². The molecule has 1 spiro atoms. The summed E-state index contributed by atoms with van der Waals surface area (Å²) in [6, 6.07) is 14.5. The first kappa shape index (κ1) is 25.7. The molecule has 7 nitrogen and oxygen atoms in total. The van der Waals surface area contributed by atoms with Crippen molar-refractivity contribution in [2.75, 3.05) is 40.8 Å². The highest BCUT2D eigenvalue weighted by Gasteiger charge is 2.55. The van der Waals surface area contributed by atoms with Crippen LogP contribution >= 0.6 is 0 Å². The molecule has 5 rings (SSSR count). The summed E-state index contributed by atoms with van der Waals surface area (Å²) < 4.78 is 5.12. The van der Waals surface area contributed by atoms with Gasteiger partial charge in [0.2, 0.25) is 5.88 Å². The molecular formula is C30H40N4O3. The number of hydrogen-bond donors (Lipinski definition) is 0. The quantitative estimate of drug-likeness (QED) is 0.503. The van der Waals surface area contributed by atoms with Crippen LogP contribution in [0.25, 0.3) is 0 Å². The third-order valence-corrected chi connectivity index (χ3v) is 9.18. The summed E-state index contributed by atoms with van der Waals surface area (Å²) >= 11 is 0. The number of ketones is 1. The summed E-state index contributed by atoms with van der Waals surface area (Å²) in [5, 5.41) is 0. The second-order valence-corrected chi connectivity index (χ2v) is 11.5. The fraction of sp³-hybridized carbons (Fsp3) is 0.567. The number of hydrogen-bond acceptors (Lipinski definition) is 5. The topological polar surface area (TPSA) is 66.0 Å². The number of benzene rings is 1. The Morgan fingerprint density at radius 2 is 1.81 bits per heavy atom. The molecule has 2 aliphatic carbocycles. The molecule has 1 saturated heterocycles. The Morgan fingerprint density at radius 3 is 2.38 bits per heavy atom. The molecule has 3 aliphatic rings. The van der Waals surface area contributed by atoms with Gasteiger partial charge in [0.15, 0.2) is 5.78 Å². The first-order valence-electron chi connectivity index (χ1n) is 13.7. The second kappa shape index (κ2) is 10.4. The number of amides is 2. The van der Waals surface area contributed by atoms with E-state index in [1.54, 1.807) is 19.4 Å². The Morgan fingerprint density at radius 1 is 1.08 bits per heavy atom. The van der Waals surface area contributed by atoms with Crippen LogP contribution in [0.4, 0.5) is 4.79 Å². The highest BCUT2D eigenvalue weighted by Crippen LogP contribution is 2.49. The Kier molecular flexibility index (Phi) is 7.26. The van der Waals surface area contributed by atoms with Crippen molar-refractivity contribution in [3.8, 4) is 5.88 Å². The minimum Gasteiger partial charge on any atom is -0.481 e. The lowest BCUT2D eigenvalue weighted by Gasteiger charge is -2.51. The summed E-state index contributed by atoms with van der Waals surface area (Å²) in [6.07, 6.45) is 9.51. The molecule has 198 valence electrons. The van der Waals surface area contributed by atoms with Crippen LogP contribution in [0, 0.1) is 5.92 Å². The summed E-state index contributed by atoms with van der Waals surface area (Å²) in [4.78, 5) is 37.4. The molecule has 0 radical (unpaired) electrons. The van der Waals surface area contributed by atoms with E-state index in [1.165, 1.54) is 24.8 Å². The van der Waals surface area contributed by atoms with Gasteiger partial charge in [0.1, 0.15) is 0 Å². The van der Waals surface area contributed by atoms with E-state index in [4.69, 9.17) is 4.74 Å². The molecule has 2 heterocycles. The maximum Gasteiger partial charge on any atom is 0.321 e. The molecule has 0 N–H and O–H groups in total. The average Bonchev–Trinajstić information content (AvgIpc) is 3.12. The van der Waals surface area contributed by atoms with Crippen LogP contribution in [-0.2, 0) is 16.8 Å². The van der Waals surface area contributed by atoms with Gasteiger partial charge in [0.05, 0.1) is 19.2 Å². The number of carbonyl (C=O) groups excluding carboxylic acids is 2. The zero-order valence-corrected chi connectivity index (χ0v) is 22.5. The Balaban J connectivity index is 1.32. The summed E-state index contributed by atoms with van der Waals surface area (Å²) in [5.41, 5.74) is 1.98. The standard InChI is InChI=1S/C30H40N4O3/c1-32(2)30(25-10-5-4-6-11-25)16-14-29(15-17-30)22-33(28(36)34(29)20-23-8-7-9-23)21-26(35)18-24-12-13-27(37-3)31-19-24/h4-6,10-13,19,23H,7-9,14-18,20-22H2,1-3H3. The lowest BCUT2D eigenvalue weighted by atomic mass is 9.68. The minimum atomic E-state index is -0.192. The number of Topliss-reactive ketones (excluding diaryl/α,β-unsaturated/α-hetero) is 1. The fourth-order valence-corrected chi connectivity index (χ4v) is 6.64. The van der Waals surface area contributed by atoms with Gasteiger partial charge in [0.25, 0.3) is 0 Å². The van der Waals surface area contributed by atoms with Crippen molar-refractivity contribution in [3.63, 3.8) is 0 Å². The van der Waals surface area contributed by atoms with Gasteiger partial charge in [-0.2, -0.15) is 0 Å². The van der Waals surface area contributed by atoms with Gasteiger partial charge in [-0.15, -0.1) is 0 Å². The highest BCUT2D eigenvalue weighted by atomic mass is 16.5. The van der Waals surface area contributed by atoms with E-state index in [2.05, 4.69) is 59.2 Å². The minimum absolute atomic E-state index is 0.0255. The van der Waals surface area contributed by atoms with Crippen molar-refractivity contribution in [1.29, 1.82) is 0 Å². The van der Waals surface area contributed by atoms with Crippen molar-refractivity contribution in [2.24, 2.45) is 5.92 Å². The molecule has 3 fully saturated rings. The van der Waals surface area contributed by atoms with Crippen LogP contribution < -0.4 is 4.74 Å². The van der Waals surface area contributed by atoms with Crippen molar-refractivity contribution in [3.05, 3.63) is 59.8 Å². The number of pyridine rings is 1. The highest BCUT2D eigenvalue weighted by molar-refractivity contribution is 5.88. The SMILES string of the molecule is COc1ccc(CC(=O)CN2CC3(CCC(c4ccccc4)(N(C)C)CC3)N(CC3CCC3)C2=O)cn1. The number of urea groups is 1. The van der Waals surface area contributed by atoms with E-state index in [0.717, 1.165) is 37.8 Å². The molecule has 2 aromatic rings. The van der Waals surface area contributed by atoms with Crippen molar-refractivity contribution < 1.29 is 14.3 Å². The lowest BCUT2D eigenvalue weighted by molar-refractivity contribution is -0.119. The smallest absolute Gasteiger partial charge is 0.321 e. The van der Waals surface area contributed by atoms with Crippen molar-refractivity contribution >= 4 is 11.8 Å². The van der Waals surface area contributed by atoms with Crippen molar-refractivity contribution in [2.45, 2.75) is 62.4 Å². The summed E-state index contributed by atoms with van der Waals surface area (Å²) in [5.74, 6) is 1.17. The molecule has 1 aromatic carbocycles. The predicted molar refractivity (Wildman–Crippen MR) is 144 cm³/mol. The first-order valence-corrected chi connectivity index (χ1v) is 13.7. The molecule has 7 heteroatoms. The third kappa shape index (κ3) is 4.98. The van der Waals surface area contributed by atoms with Crippen LogP contribution in [0.5, 0.6) is 5.88 Å². The molecule has 37 heavy (non-hydrogen) atoms. The Bertz CT molecular complexity index is 1090. The van der Waals surface area contributed by atoms with Crippen LogP contribution in [0.1, 0.15) is 56.1 Å². The normalized spacial score (nSPS) is 26.1. The number of methoxy groups -OCH3 is 1. The van der Waals surface area contributed by atoms with E-state index in [9.17, 15) is 9.59 Å². The maximum absolute atomic E-state index is 13.8. The van der Waals surface area contributed by atoms with E-state index >= 15 is 0 Å². The molecule has 2 saturated carbocycles. The fourth-order valence-electron chi connectivity index (χ4n) is 6.64. The lowest BCUT2D eigenvalue weighted by Crippen LogP contribution is -2.56. The number of aromatic nitrogens is 1. The van der Waals surface area contributed by atoms with Crippen molar-refractivity contribution in [1.82, 2.24) is 19.7 Å². The molecule has 1 aromatic heterocycles. The van der Waals surface area contributed by atoms with Crippen LogP contribution in [0.15, 0.2) is 48.7 Å². The molecule has 0 atom stereocenters. The van der Waals surface area contributed by atoms with Gasteiger partial charge in [0, 0.05) is 37.3 Å². The average molecular weight is 505 g/mol. The molecule has 2 amide bonds. The van der Waals surface area contributed by atoms with E-state index in [0.29, 0.717) is 18.3 Å². The maximum atomic E-state index is 13.8. The monoisotopic (exact) mass is 504 g/mol. The Labute approximate surface area is 220 Å². The molecule has 0 bridgehead atoms. The summed E-state index contributed by atoms with van der Waals surface area (Å²) in [7, 11) is 5.93. The van der Waals surface area contributed by atoms with Gasteiger partial charge in [-0.3, -0.25) is 9.69 Å². The van der Waals surface area contributed by atoms with Gasteiger partial charge in [-0.05, 0) is 69.7 Å². The van der Waals surface area contributed by atoms with Gasteiger partial charge < -0.3 is 14.5 Å². The van der Waals surface area contributed by atoms with Gasteiger partial charge in [-0.1, -0.05) is 42.8 Å². The third-order valence-electron chi connectivity index (χ3n) is 9.18. The Hall–Kier alpha value is -2.93. The number of ether oxygens (including phenoxy) is 1. The van der Waals surface area contributed by atoms with E-state index < -0.39 is 0 Å². The summed E-state index contributed by atoms with van der Waals surface area (Å²) in [6.45, 7) is 1.63. The molecule has 0 unspecified atom stereocenters. The van der Waals surface area contributed by atoms with Gasteiger partial charge >= 0.3 is 6.03 Å². The number of carbonyl (C=O) groups is 2. The van der Waals surface area contributed by atoms with Crippen LogP contribution in [0.2, 0.25) is 0 Å². The first-order chi connectivity index (χ1) is 17.8. The van der Waals surface area contributed by atoms with Gasteiger partial charge in [-0.25, -0.2) is 9.78 Å². The van der Waals surface area contributed by atoms with Crippen LogP contribution in [-0.4, -0.2) is 77.9 Å².